The van der Waals surface area contributed by atoms with Crippen LogP contribution in [-0.4, -0.2) is 77.9 Å². The fourth-order valence-corrected chi connectivity index (χ4v) is 0. The number of carboxylic acid groups (broad SMARTS) is 2. The summed E-state index contributed by atoms with van der Waals surface area (Å²) in [6.45, 7) is 0. The summed E-state index contributed by atoms with van der Waals surface area (Å²) >= 11 is 0. The maximum atomic E-state index is 8.33. The third kappa shape index (κ3) is 99.8. The van der Waals surface area contributed by atoms with Crippen LogP contribution in [0.1, 0.15) is 0 Å². The Morgan fingerprint density at radius 2 is 1.29 bits per heavy atom. The van der Waals surface area contributed by atoms with E-state index in [0.717, 1.165) is 0 Å². The van der Waals surface area contributed by atoms with Crippen molar-refractivity contribution in [2.45, 2.75) is 0 Å². The molecule has 0 aliphatic heterocycles. The van der Waals surface area contributed by atoms with Crippen molar-refractivity contribution in [3.05, 3.63) is 0 Å². The van der Waals surface area contributed by atoms with Gasteiger partial charge in [-0.25, -0.2) is 0 Å². The number of hydrogen-bond donors (Lipinski definition) is 0. The Kier molecular flexibility index (Phi) is 52.7. The molecule has 0 aromatic rings. The fourth-order valence-electron chi connectivity index (χ4n) is 0. The molecule has 0 aromatic carbocycles. The summed E-state index contributed by atoms with van der Waals surface area (Å²) in [5.74, 6) is 0. The average Bonchev–Trinajstić information content (AvgIpc) is 0.811. The van der Waals surface area contributed by atoms with Crippen molar-refractivity contribution in [3.63, 3.8) is 0 Å². The van der Waals surface area contributed by atoms with Gasteiger partial charge in [-0.05, 0) is 6.16 Å². The van der Waals surface area contributed by atoms with Gasteiger partial charge in [-0.15, -0.1) is 0 Å². The third-order valence-corrected chi connectivity index (χ3v) is 0. The molecule has 0 bridgehead atoms. The molecule has 0 rings (SSSR count). The molecule has 0 fully saturated rings. The van der Waals surface area contributed by atoms with Crippen molar-refractivity contribution in [3.8, 4) is 0 Å². The Morgan fingerprint density at radius 3 is 1.29 bits per heavy atom. The van der Waals surface area contributed by atoms with Gasteiger partial charge in [-0.1, -0.05) is 0 Å². The molecule has 0 aliphatic rings. The van der Waals surface area contributed by atoms with Crippen LogP contribution in [0.15, 0.2) is 0 Å². The van der Waals surface area contributed by atoms with Gasteiger partial charge in [0.05, 0.1) is 0 Å². The molecule has 0 unspecified atom stereocenters. The van der Waals surface area contributed by atoms with Gasteiger partial charge in [0.1, 0.15) is 0 Å². The molecule has 0 spiro atoms. The van der Waals surface area contributed by atoms with Crippen molar-refractivity contribution >= 4 is 77.9 Å². The second kappa shape index (κ2) is 15.6. The van der Waals surface area contributed by atoms with Gasteiger partial charge in [0.25, 0.3) is 0 Å². The first kappa shape index (κ1) is 23.6. The SMILES string of the molecule is O=C([O-])[O-].[CaH2].[Mg+2].[Si]. The molecule has 0 atom stereocenters. The topological polar surface area (TPSA) is 63.2 Å². The smallest absolute Gasteiger partial charge is 0 e. The first-order valence-electron chi connectivity index (χ1n) is 0.612. The summed E-state index contributed by atoms with van der Waals surface area (Å²) in [4.78, 5) is 8.33. The molecule has 32 valence electrons. The summed E-state index contributed by atoms with van der Waals surface area (Å²) in [6, 6.07) is 0. The summed E-state index contributed by atoms with van der Waals surface area (Å²) in [6.07, 6.45) is -2.33. The molecular formula is CH2CaMgO3Si. The van der Waals surface area contributed by atoms with Crippen molar-refractivity contribution in [1.82, 2.24) is 0 Å². The second-order valence-corrected chi connectivity index (χ2v) is 0.250. The summed E-state index contributed by atoms with van der Waals surface area (Å²) in [7, 11) is 0. The van der Waals surface area contributed by atoms with Crippen LogP contribution in [0.5, 0.6) is 0 Å². The van der Waals surface area contributed by atoms with E-state index in [9.17, 15) is 0 Å². The van der Waals surface area contributed by atoms with Crippen molar-refractivity contribution in [1.29, 1.82) is 0 Å². The average molecular weight is 154 g/mol. The van der Waals surface area contributed by atoms with Gasteiger partial charge in [0.15, 0.2) is 0 Å². The standard InChI is InChI=1S/CH2O3.Ca.Mg.Si.2H/c2-1(3)4;;;;;/h(H2,2,3,4);;;;;/q;;+2;;;/p-2. The molecule has 0 heterocycles. The normalized spacial score (nSPS) is 3.43. The Morgan fingerprint density at radius 1 is 1.29 bits per heavy atom. The maximum absolute atomic E-state index is 8.33. The van der Waals surface area contributed by atoms with E-state index in [2.05, 4.69) is 0 Å². The van der Waals surface area contributed by atoms with Gasteiger partial charge in [-0.2, -0.15) is 0 Å². The van der Waals surface area contributed by atoms with E-state index in [0.29, 0.717) is 0 Å². The predicted molar refractivity (Wildman–Crippen MR) is 25.4 cm³/mol. The fraction of sp³-hybridized carbons (Fsp3) is 0. The molecule has 0 aliphatic carbocycles. The van der Waals surface area contributed by atoms with Crippen LogP contribution < -0.4 is 10.2 Å². The van der Waals surface area contributed by atoms with Crippen LogP contribution >= 0.6 is 0 Å². The van der Waals surface area contributed by atoms with E-state index in [1.807, 2.05) is 0 Å². The molecular weight excluding hydrogens is 152 g/mol. The summed E-state index contributed by atoms with van der Waals surface area (Å²) in [5, 5.41) is 16.7. The second-order valence-electron chi connectivity index (χ2n) is 0.250. The Hall–Kier alpha value is 1.51. The van der Waals surface area contributed by atoms with Crippen molar-refractivity contribution in [2.24, 2.45) is 0 Å². The maximum Gasteiger partial charge on any atom is 2.00 e. The zero-order valence-electron chi connectivity index (χ0n) is 2.93. The van der Waals surface area contributed by atoms with Gasteiger partial charge in [-0.3, -0.25) is 0 Å². The van der Waals surface area contributed by atoms with E-state index in [1.165, 1.54) is 0 Å². The minimum absolute atomic E-state index is 0. The van der Waals surface area contributed by atoms with E-state index in [1.54, 1.807) is 0 Å². The molecule has 0 amide bonds. The number of carbonyl (C=O) groups is 1. The van der Waals surface area contributed by atoms with Crippen LogP contribution in [-0.2, 0) is 0 Å². The van der Waals surface area contributed by atoms with Crippen LogP contribution in [0.25, 0.3) is 0 Å². The largest absolute Gasteiger partial charge is 2.00 e. The van der Waals surface area contributed by atoms with Crippen molar-refractivity contribution in [2.75, 3.05) is 0 Å². The van der Waals surface area contributed by atoms with Gasteiger partial charge >= 0.3 is 60.8 Å². The van der Waals surface area contributed by atoms with Gasteiger partial charge in [0.2, 0.25) is 0 Å². The Labute approximate surface area is 91.6 Å². The Balaban J connectivity index is -0.0000000150. The van der Waals surface area contributed by atoms with Gasteiger partial charge < -0.3 is 15.0 Å². The molecule has 0 saturated carbocycles. The zero-order valence-corrected chi connectivity index (χ0v) is 5.35. The van der Waals surface area contributed by atoms with Crippen LogP contribution in [0.3, 0.4) is 0 Å². The summed E-state index contributed by atoms with van der Waals surface area (Å²) in [5.41, 5.74) is 0. The molecule has 0 aromatic heterocycles. The molecule has 4 radical (unpaired) electrons. The van der Waals surface area contributed by atoms with Crippen molar-refractivity contribution < 1.29 is 15.0 Å². The third-order valence-electron chi connectivity index (χ3n) is 0. The van der Waals surface area contributed by atoms with E-state index in [-0.39, 0.29) is 71.8 Å². The van der Waals surface area contributed by atoms with Crippen LogP contribution in [0.2, 0.25) is 0 Å². The summed E-state index contributed by atoms with van der Waals surface area (Å²) < 4.78 is 0. The van der Waals surface area contributed by atoms with Crippen LogP contribution in [0, 0.1) is 0 Å². The number of carbonyl (C=O) groups excluding carboxylic acids is 1. The van der Waals surface area contributed by atoms with Crippen LogP contribution in [0.4, 0.5) is 4.79 Å². The molecule has 0 saturated heterocycles. The van der Waals surface area contributed by atoms with Gasteiger partial charge in [0, 0.05) is 11.0 Å². The minimum Gasteiger partial charge on any atom is 0 e. The minimum atomic E-state index is -2.33. The molecule has 3 nitrogen and oxygen atoms in total. The number of rotatable bonds is 0. The molecule has 6 heteroatoms. The number of hydrogen-bond acceptors (Lipinski definition) is 3. The van der Waals surface area contributed by atoms with E-state index in [4.69, 9.17) is 15.0 Å². The van der Waals surface area contributed by atoms with E-state index < -0.39 is 6.16 Å². The monoisotopic (exact) mass is 154 g/mol. The first-order valence-corrected chi connectivity index (χ1v) is 0.612. The molecule has 7 heavy (non-hydrogen) atoms. The molecule has 0 N–H and O–H groups in total. The Bertz CT molecular complexity index is 37.9. The predicted octanol–water partition coefficient (Wildman–Crippen LogP) is -4.12. The van der Waals surface area contributed by atoms with E-state index >= 15 is 0 Å². The first-order chi connectivity index (χ1) is 1.73. The quantitative estimate of drug-likeness (QED) is 0.333. The zero-order chi connectivity index (χ0) is 3.58.